The van der Waals surface area contributed by atoms with Gasteiger partial charge < -0.3 is 13.9 Å². The van der Waals surface area contributed by atoms with Crippen LogP contribution >= 0.6 is 15.9 Å². The number of halogens is 1. The number of amides is 1. The van der Waals surface area contributed by atoms with Gasteiger partial charge in [0.15, 0.2) is 10.3 Å². The van der Waals surface area contributed by atoms with Crippen LogP contribution in [-0.4, -0.2) is 28.5 Å². The summed E-state index contributed by atoms with van der Waals surface area (Å²) < 4.78 is 8.23. The van der Waals surface area contributed by atoms with Crippen LogP contribution in [-0.2, 0) is 6.54 Å². The maximum absolute atomic E-state index is 12.8. The summed E-state index contributed by atoms with van der Waals surface area (Å²) >= 11 is 3.33. The topological polar surface area (TPSA) is 38.4 Å². The number of allylic oxidation sites excluding steroid dienone is 1. The summed E-state index contributed by atoms with van der Waals surface area (Å²) in [6.07, 6.45) is 4.08. The molecule has 0 N–H and O–H groups in total. The summed E-state index contributed by atoms with van der Waals surface area (Å²) in [5, 5.41) is 0. The number of rotatable bonds is 3. The molecule has 0 spiro atoms. The minimum atomic E-state index is 0.0888. The van der Waals surface area contributed by atoms with E-state index in [4.69, 9.17) is 4.42 Å². The molecule has 2 aromatic heterocycles. The largest absolute Gasteiger partial charge is 0.448 e. The maximum Gasteiger partial charge on any atom is 0.270 e. The lowest BCUT2D eigenvalue weighted by molar-refractivity contribution is 0.0673. The van der Waals surface area contributed by atoms with Crippen molar-refractivity contribution in [1.82, 2.24) is 9.47 Å². The lowest BCUT2D eigenvalue weighted by atomic mass is 10.00. The van der Waals surface area contributed by atoms with Crippen LogP contribution in [0.2, 0.25) is 0 Å². The summed E-state index contributed by atoms with van der Waals surface area (Å²) in [5.41, 5.74) is 2.34. The highest BCUT2D eigenvalue weighted by molar-refractivity contribution is 9.10. The maximum atomic E-state index is 12.8. The molecule has 0 radical (unpaired) electrons. The molecule has 1 saturated heterocycles. The monoisotopic (exact) mass is 350 g/mol. The number of likely N-dealkylation sites (tertiary alicyclic amines) is 1. The molecule has 1 unspecified atom stereocenters. The fourth-order valence-corrected chi connectivity index (χ4v) is 3.44. The summed E-state index contributed by atoms with van der Waals surface area (Å²) in [5.74, 6) is 0.661. The van der Waals surface area contributed by atoms with Gasteiger partial charge in [-0.2, -0.15) is 0 Å². The highest BCUT2D eigenvalue weighted by Gasteiger charge is 2.26. The zero-order valence-corrected chi connectivity index (χ0v) is 13.7. The number of piperidine rings is 1. The van der Waals surface area contributed by atoms with Gasteiger partial charge >= 0.3 is 0 Å². The molecular formula is C16H19BrN2O2. The van der Waals surface area contributed by atoms with E-state index in [1.165, 1.54) is 6.42 Å². The van der Waals surface area contributed by atoms with Crippen molar-refractivity contribution in [3.8, 4) is 0 Å². The van der Waals surface area contributed by atoms with E-state index in [0.717, 1.165) is 30.6 Å². The van der Waals surface area contributed by atoms with Crippen LogP contribution in [0.5, 0.6) is 0 Å². The van der Waals surface area contributed by atoms with Crippen molar-refractivity contribution < 1.29 is 9.21 Å². The lowest BCUT2D eigenvalue weighted by Gasteiger charge is -2.31. The Morgan fingerprint density at radius 1 is 1.57 bits per heavy atom. The number of carbonyl (C=O) groups excluding carboxylic acids is 1. The van der Waals surface area contributed by atoms with Crippen LogP contribution in [0.3, 0.4) is 0 Å². The van der Waals surface area contributed by atoms with Gasteiger partial charge in [0, 0.05) is 31.8 Å². The Labute approximate surface area is 132 Å². The first-order valence-electron chi connectivity index (χ1n) is 7.29. The number of furan rings is 1. The molecule has 1 amide bonds. The molecule has 5 heteroatoms. The molecule has 4 nitrogen and oxygen atoms in total. The number of aromatic nitrogens is 1. The lowest BCUT2D eigenvalue weighted by Crippen LogP contribution is -2.39. The Hall–Kier alpha value is -1.49. The fraction of sp³-hybridized carbons (Fsp3) is 0.438. The minimum absolute atomic E-state index is 0.0888. The Bertz CT molecular complexity index is 686. The van der Waals surface area contributed by atoms with Gasteiger partial charge in [0.25, 0.3) is 5.91 Å². The van der Waals surface area contributed by atoms with Crippen molar-refractivity contribution >= 4 is 32.9 Å². The van der Waals surface area contributed by atoms with E-state index in [2.05, 4.69) is 29.4 Å². The van der Waals surface area contributed by atoms with Crippen LogP contribution in [0.15, 0.2) is 33.9 Å². The molecule has 1 aliphatic heterocycles. The van der Waals surface area contributed by atoms with Crippen molar-refractivity contribution in [3.05, 3.63) is 35.2 Å². The quantitative estimate of drug-likeness (QED) is 0.783. The predicted molar refractivity (Wildman–Crippen MR) is 86.4 cm³/mol. The molecule has 0 aliphatic carbocycles. The van der Waals surface area contributed by atoms with Crippen LogP contribution in [0, 0.1) is 5.92 Å². The smallest absolute Gasteiger partial charge is 0.270 e. The molecule has 0 saturated carbocycles. The van der Waals surface area contributed by atoms with Crippen molar-refractivity contribution in [2.24, 2.45) is 5.92 Å². The molecular weight excluding hydrogens is 332 g/mol. The molecule has 3 heterocycles. The Kier molecular flexibility index (Phi) is 3.93. The number of nitrogens with zero attached hydrogens (tertiary/aromatic N) is 2. The Morgan fingerprint density at radius 3 is 3.10 bits per heavy atom. The minimum Gasteiger partial charge on any atom is -0.448 e. The third-order valence-corrected chi connectivity index (χ3v) is 4.43. The molecule has 0 aromatic carbocycles. The van der Waals surface area contributed by atoms with Gasteiger partial charge in [-0.25, -0.2) is 0 Å². The molecule has 112 valence electrons. The molecule has 1 aliphatic rings. The molecule has 21 heavy (non-hydrogen) atoms. The summed E-state index contributed by atoms with van der Waals surface area (Å²) in [4.78, 5) is 14.8. The normalized spacial score (nSPS) is 19.1. The molecule has 1 fully saturated rings. The van der Waals surface area contributed by atoms with E-state index in [1.807, 2.05) is 21.6 Å². The average molecular weight is 351 g/mol. The van der Waals surface area contributed by atoms with Crippen LogP contribution < -0.4 is 0 Å². The van der Waals surface area contributed by atoms with Crippen molar-refractivity contribution in [2.45, 2.75) is 26.3 Å². The molecule has 3 rings (SSSR count). The fourth-order valence-electron chi connectivity index (χ4n) is 3.05. The standard InChI is InChI=1S/C16H19BrN2O2/c1-3-6-19-12-9-15(17)21-14(12)8-13(19)16(20)18-7-4-5-11(2)10-18/h3,8-9,11H,1,4-7,10H2,2H3. The average Bonchev–Trinajstić information content (AvgIpc) is 2.96. The van der Waals surface area contributed by atoms with Crippen LogP contribution in [0.1, 0.15) is 30.3 Å². The zero-order chi connectivity index (χ0) is 15.0. The van der Waals surface area contributed by atoms with Gasteiger partial charge in [0.05, 0.1) is 5.52 Å². The van der Waals surface area contributed by atoms with E-state index >= 15 is 0 Å². The number of hydrogen-bond acceptors (Lipinski definition) is 2. The second-order valence-electron chi connectivity index (χ2n) is 5.73. The van der Waals surface area contributed by atoms with Gasteiger partial charge in [-0.1, -0.05) is 13.0 Å². The summed E-state index contributed by atoms with van der Waals surface area (Å²) in [7, 11) is 0. The molecule has 1 atom stereocenters. The van der Waals surface area contributed by atoms with E-state index in [-0.39, 0.29) is 5.91 Å². The third-order valence-electron chi connectivity index (χ3n) is 4.03. The first-order valence-corrected chi connectivity index (χ1v) is 8.08. The molecule has 0 bridgehead atoms. The van der Waals surface area contributed by atoms with E-state index < -0.39 is 0 Å². The third kappa shape index (κ3) is 2.67. The van der Waals surface area contributed by atoms with Crippen molar-refractivity contribution in [2.75, 3.05) is 13.1 Å². The van der Waals surface area contributed by atoms with Gasteiger partial charge in [-0.05, 0) is 34.7 Å². The summed E-state index contributed by atoms with van der Waals surface area (Å²) in [6, 6.07) is 3.74. The van der Waals surface area contributed by atoms with Gasteiger partial charge in [0.2, 0.25) is 0 Å². The highest BCUT2D eigenvalue weighted by atomic mass is 79.9. The van der Waals surface area contributed by atoms with Crippen molar-refractivity contribution in [1.29, 1.82) is 0 Å². The van der Waals surface area contributed by atoms with E-state index in [9.17, 15) is 4.79 Å². The van der Waals surface area contributed by atoms with Crippen LogP contribution in [0.25, 0.3) is 11.1 Å². The zero-order valence-electron chi connectivity index (χ0n) is 12.1. The van der Waals surface area contributed by atoms with E-state index in [0.29, 0.717) is 22.8 Å². The first-order chi connectivity index (χ1) is 10.1. The Morgan fingerprint density at radius 2 is 2.38 bits per heavy atom. The number of fused-ring (bicyclic) bond motifs is 1. The SMILES string of the molecule is C=CCn1c(C(=O)N2CCCC(C)C2)cc2oc(Br)cc21. The van der Waals surface area contributed by atoms with Gasteiger partial charge in [0.1, 0.15) is 5.69 Å². The summed E-state index contributed by atoms with van der Waals surface area (Å²) in [6.45, 7) is 8.26. The predicted octanol–water partition coefficient (Wildman–Crippen LogP) is 4.05. The number of hydrogen-bond donors (Lipinski definition) is 0. The highest BCUT2D eigenvalue weighted by Crippen LogP contribution is 2.28. The Balaban J connectivity index is 1.98. The van der Waals surface area contributed by atoms with Gasteiger partial charge in [-0.15, -0.1) is 6.58 Å². The van der Waals surface area contributed by atoms with Crippen LogP contribution in [0.4, 0.5) is 0 Å². The first kappa shape index (κ1) is 14.4. The number of carbonyl (C=O) groups is 1. The van der Waals surface area contributed by atoms with E-state index in [1.54, 1.807) is 6.08 Å². The molecule has 2 aromatic rings. The van der Waals surface area contributed by atoms with Gasteiger partial charge in [-0.3, -0.25) is 4.79 Å². The second-order valence-corrected chi connectivity index (χ2v) is 6.51. The van der Waals surface area contributed by atoms with Crippen molar-refractivity contribution in [3.63, 3.8) is 0 Å². The second kappa shape index (κ2) is 5.72.